The molecule has 0 bridgehead atoms. The van der Waals surface area contributed by atoms with Crippen LogP contribution < -0.4 is 9.44 Å². The molecule has 1 aliphatic heterocycles. The zero-order valence-electron chi connectivity index (χ0n) is 14.3. The van der Waals surface area contributed by atoms with Gasteiger partial charge in [-0.05, 0) is 49.9 Å². The number of sulfonamides is 1. The molecule has 0 spiro atoms. The number of nitrogens with zero attached hydrogens (tertiary/aromatic N) is 2. The fraction of sp³-hybridized carbons (Fsp3) is 0.600. The quantitative estimate of drug-likeness (QED) is 0.779. The second-order valence-electron chi connectivity index (χ2n) is 6.09. The van der Waals surface area contributed by atoms with Crippen LogP contribution >= 0.6 is 0 Å². The van der Waals surface area contributed by atoms with Crippen LogP contribution in [0.4, 0.5) is 5.69 Å². The molecule has 1 heterocycles. The van der Waals surface area contributed by atoms with Gasteiger partial charge in [0.25, 0.3) is 0 Å². The first-order valence-corrected chi connectivity index (χ1v) is 11.0. The summed E-state index contributed by atoms with van der Waals surface area (Å²) in [6.07, 6.45) is 1.93. The number of hydrogen-bond acceptors (Lipinski definition) is 4. The van der Waals surface area contributed by atoms with E-state index in [9.17, 15) is 16.8 Å². The summed E-state index contributed by atoms with van der Waals surface area (Å²) < 4.78 is 52.1. The van der Waals surface area contributed by atoms with E-state index in [0.717, 1.165) is 12.8 Å². The number of fused-ring (bicyclic) bond motifs is 1. The number of nitrogens with two attached hydrogens (primary N) is 1. The van der Waals surface area contributed by atoms with E-state index in [-0.39, 0.29) is 10.9 Å². The Hall–Kier alpha value is -1.16. The molecule has 2 N–H and O–H groups in total. The van der Waals surface area contributed by atoms with Gasteiger partial charge in [-0.15, -0.1) is 0 Å². The number of hydrogen-bond donors (Lipinski definition) is 1. The van der Waals surface area contributed by atoms with Crippen molar-refractivity contribution in [3.8, 4) is 0 Å². The van der Waals surface area contributed by atoms with Crippen LogP contribution in [0.3, 0.4) is 0 Å². The van der Waals surface area contributed by atoms with Gasteiger partial charge >= 0.3 is 10.2 Å². The van der Waals surface area contributed by atoms with E-state index in [0.29, 0.717) is 30.8 Å². The lowest BCUT2D eigenvalue weighted by Gasteiger charge is -2.31. The lowest BCUT2D eigenvalue weighted by atomic mass is 10.1. The Kier molecular flexibility index (Phi) is 5.58. The summed E-state index contributed by atoms with van der Waals surface area (Å²) in [5, 5.41) is 5.17. The molecule has 0 unspecified atom stereocenters. The molecule has 1 atom stereocenters. The highest BCUT2D eigenvalue weighted by atomic mass is 32.2. The number of benzene rings is 1. The van der Waals surface area contributed by atoms with Gasteiger partial charge in [0.1, 0.15) is 0 Å². The van der Waals surface area contributed by atoms with Gasteiger partial charge < -0.3 is 0 Å². The standard InChI is InChI=1S/C15H25N3O4S2/c1-4-8-17(9-5-2)24(21,22)18-12(3)10-13-11-14(23(16,19)20)6-7-15(13)18/h6-7,11-12H,4-5,8-10H2,1-3H3,(H2,16,19,20)/t12-/m1/s1. The molecule has 1 aromatic rings. The highest BCUT2D eigenvalue weighted by Crippen LogP contribution is 2.36. The lowest BCUT2D eigenvalue weighted by molar-refractivity contribution is 0.405. The van der Waals surface area contributed by atoms with Gasteiger partial charge in [-0.1, -0.05) is 13.8 Å². The maximum atomic E-state index is 13.1. The van der Waals surface area contributed by atoms with Crippen LogP contribution in [0.2, 0.25) is 0 Å². The molecular formula is C15H25N3O4S2. The SMILES string of the molecule is CCCN(CCC)S(=O)(=O)N1c2ccc(S(N)(=O)=O)cc2C[C@H]1C. The summed E-state index contributed by atoms with van der Waals surface area (Å²) in [6, 6.07) is 4.10. The predicted molar refractivity (Wildman–Crippen MR) is 94.5 cm³/mol. The van der Waals surface area contributed by atoms with Crippen molar-refractivity contribution in [3.05, 3.63) is 23.8 Å². The zero-order chi connectivity index (χ0) is 18.1. The molecule has 24 heavy (non-hydrogen) atoms. The maximum Gasteiger partial charge on any atom is 0.304 e. The molecule has 0 aliphatic carbocycles. The molecule has 2 rings (SSSR count). The van der Waals surface area contributed by atoms with E-state index >= 15 is 0 Å². The van der Waals surface area contributed by atoms with Gasteiger partial charge in [-0.25, -0.2) is 13.6 Å². The summed E-state index contributed by atoms with van der Waals surface area (Å²) >= 11 is 0. The van der Waals surface area contributed by atoms with Gasteiger partial charge in [0.2, 0.25) is 10.0 Å². The van der Waals surface area contributed by atoms with Crippen molar-refractivity contribution in [1.29, 1.82) is 0 Å². The van der Waals surface area contributed by atoms with E-state index in [1.165, 1.54) is 26.8 Å². The van der Waals surface area contributed by atoms with Crippen LogP contribution in [-0.2, 0) is 26.7 Å². The first-order chi connectivity index (χ1) is 11.1. The zero-order valence-corrected chi connectivity index (χ0v) is 15.9. The molecule has 0 aromatic heterocycles. The summed E-state index contributed by atoms with van der Waals surface area (Å²) in [5.41, 5.74) is 1.22. The van der Waals surface area contributed by atoms with Gasteiger partial charge in [0, 0.05) is 19.1 Å². The van der Waals surface area contributed by atoms with Gasteiger partial charge in [0.15, 0.2) is 0 Å². The second-order valence-corrected chi connectivity index (χ2v) is 9.46. The normalized spacial score (nSPS) is 18.2. The molecular weight excluding hydrogens is 350 g/mol. The molecule has 136 valence electrons. The first-order valence-electron chi connectivity index (χ1n) is 8.08. The monoisotopic (exact) mass is 375 g/mol. The molecule has 1 aromatic carbocycles. The summed E-state index contributed by atoms with van der Waals surface area (Å²) in [6.45, 7) is 6.63. The topological polar surface area (TPSA) is 101 Å². The molecule has 9 heteroatoms. The van der Waals surface area contributed by atoms with E-state index in [2.05, 4.69) is 0 Å². The Bertz CT molecular complexity index is 800. The van der Waals surface area contributed by atoms with Crippen molar-refractivity contribution in [3.63, 3.8) is 0 Å². The highest BCUT2D eigenvalue weighted by molar-refractivity contribution is 7.90. The smallest absolute Gasteiger partial charge is 0.254 e. The Morgan fingerprint density at radius 1 is 1.17 bits per heavy atom. The fourth-order valence-corrected chi connectivity index (χ4v) is 5.67. The molecule has 1 aliphatic rings. The van der Waals surface area contributed by atoms with Gasteiger partial charge in [-0.2, -0.15) is 12.7 Å². The van der Waals surface area contributed by atoms with Crippen molar-refractivity contribution in [1.82, 2.24) is 4.31 Å². The number of rotatable bonds is 7. The van der Waals surface area contributed by atoms with Crippen LogP contribution in [0.1, 0.15) is 39.2 Å². The van der Waals surface area contributed by atoms with Crippen LogP contribution in [-0.4, -0.2) is 40.3 Å². The van der Waals surface area contributed by atoms with Crippen molar-refractivity contribution >= 4 is 25.9 Å². The van der Waals surface area contributed by atoms with E-state index in [1.807, 2.05) is 20.8 Å². The molecule has 0 radical (unpaired) electrons. The van der Waals surface area contributed by atoms with Crippen LogP contribution in [0.15, 0.2) is 23.1 Å². The third kappa shape index (κ3) is 3.58. The maximum absolute atomic E-state index is 13.1. The largest absolute Gasteiger partial charge is 0.304 e. The van der Waals surface area contributed by atoms with Crippen LogP contribution in [0, 0.1) is 0 Å². The number of primary sulfonamides is 1. The van der Waals surface area contributed by atoms with Crippen molar-refractivity contribution in [2.75, 3.05) is 17.4 Å². The molecule has 0 amide bonds. The Morgan fingerprint density at radius 3 is 2.25 bits per heavy atom. The minimum absolute atomic E-state index is 0.00618. The molecule has 0 fully saturated rings. The Balaban J connectivity index is 2.47. The predicted octanol–water partition coefficient (Wildman–Crippen LogP) is 1.45. The lowest BCUT2D eigenvalue weighted by Crippen LogP contribution is -2.47. The number of anilines is 1. The average molecular weight is 376 g/mol. The first kappa shape index (κ1) is 19.2. The average Bonchev–Trinajstić information content (AvgIpc) is 2.81. The minimum Gasteiger partial charge on any atom is -0.254 e. The Morgan fingerprint density at radius 2 is 1.75 bits per heavy atom. The van der Waals surface area contributed by atoms with Crippen LogP contribution in [0.25, 0.3) is 0 Å². The van der Waals surface area contributed by atoms with Crippen molar-refractivity contribution < 1.29 is 16.8 Å². The fourth-order valence-electron chi connectivity index (χ4n) is 3.07. The summed E-state index contributed by atoms with van der Waals surface area (Å²) in [7, 11) is -7.46. The van der Waals surface area contributed by atoms with Crippen molar-refractivity contribution in [2.45, 2.75) is 51.0 Å². The van der Waals surface area contributed by atoms with Gasteiger partial charge in [-0.3, -0.25) is 4.31 Å². The van der Waals surface area contributed by atoms with E-state index < -0.39 is 20.2 Å². The van der Waals surface area contributed by atoms with Crippen LogP contribution in [0.5, 0.6) is 0 Å². The summed E-state index contributed by atoms with van der Waals surface area (Å²) in [4.78, 5) is 0.00618. The van der Waals surface area contributed by atoms with Gasteiger partial charge in [0.05, 0.1) is 10.6 Å². The minimum atomic E-state index is -3.81. The third-order valence-corrected chi connectivity index (χ3v) is 7.04. The highest BCUT2D eigenvalue weighted by Gasteiger charge is 2.38. The molecule has 0 saturated carbocycles. The van der Waals surface area contributed by atoms with Crippen molar-refractivity contribution in [2.24, 2.45) is 5.14 Å². The summed E-state index contributed by atoms with van der Waals surface area (Å²) in [5.74, 6) is 0. The Labute approximate surface area is 144 Å². The molecule has 0 saturated heterocycles. The third-order valence-electron chi connectivity index (χ3n) is 4.05. The van der Waals surface area contributed by atoms with E-state index in [1.54, 1.807) is 0 Å². The van der Waals surface area contributed by atoms with E-state index in [4.69, 9.17) is 5.14 Å². The molecule has 7 nitrogen and oxygen atoms in total. The second kappa shape index (κ2) is 6.99.